The number of piperidine rings is 1. The number of amides is 1. The van der Waals surface area contributed by atoms with Gasteiger partial charge in [-0.15, -0.1) is 0 Å². The number of carbonyl (C=O) groups excluding carboxylic acids is 1. The lowest BCUT2D eigenvalue weighted by Crippen LogP contribution is -2.44. The number of carbonyl (C=O) groups is 1. The number of nitrogens with two attached hydrogens (primary N) is 1. The van der Waals surface area contributed by atoms with Gasteiger partial charge in [0.1, 0.15) is 5.82 Å². The minimum atomic E-state index is -0.529. The van der Waals surface area contributed by atoms with E-state index < -0.39 is 5.82 Å². The topological polar surface area (TPSA) is 46.3 Å². The maximum Gasteiger partial charge on any atom is 0.256 e. The molecular weight excluding hydrogens is 231 g/mol. The first-order valence-electron chi connectivity index (χ1n) is 6.35. The Hall–Kier alpha value is -1.58. The molecule has 2 N–H and O–H groups in total. The smallest absolute Gasteiger partial charge is 0.256 e. The summed E-state index contributed by atoms with van der Waals surface area (Å²) < 4.78 is 13.4. The first-order valence-corrected chi connectivity index (χ1v) is 6.35. The van der Waals surface area contributed by atoms with Gasteiger partial charge in [-0.05, 0) is 37.8 Å². The molecule has 2 atom stereocenters. The number of anilines is 1. The first-order chi connectivity index (χ1) is 8.50. The monoisotopic (exact) mass is 250 g/mol. The first kappa shape index (κ1) is 12.9. The zero-order valence-electron chi connectivity index (χ0n) is 10.8. The second-order valence-electron chi connectivity index (χ2n) is 5.18. The second kappa shape index (κ2) is 4.96. The molecule has 98 valence electrons. The van der Waals surface area contributed by atoms with Crippen molar-refractivity contribution in [2.24, 2.45) is 5.92 Å². The molecular formula is C14H19FN2O. The molecule has 4 heteroatoms. The van der Waals surface area contributed by atoms with Crippen LogP contribution in [0.5, 0.6) is 0 Å². The van der Waals surface area contributed by atoms with Gasteiger partial charge in [-0.2, -0.15) is 0 Å². The molecule has 1 amide bonds. The number of nitrogen functional groups attached to an aromatic ring is 1. The number of hydrogen-bond donors (Lipinski definition) is 1. The van der Waals surface area contributed by atoms with Crippen molar-refractivity contribution in [3.8, 4) is 0 Å². The van der Waals surface area contributed by atoms with Gasteiger partial charge >= 0.3 is 0 Å². The lowest BCUT2D eigenvalue weighted by Gasteiger charge is -2.36. The molecule has 1 aliphatic rings. The molecule has 2 rings (SSSR count). The predicted molar refractivity (Wildman–Crippen MR) is 69.7 cm³/mol. The maximum absolute atomic E-state index is 13.4. The molecule has 0 saturated carbocycles. The summed E-state index contributed by atoms with van der Waals surface area (Å²) in [5.74, 6) is -0.0563. The van der Waals surface area contributed by atoms with Gasteiger partial charge in [-0.1, -0.05) is 13.0 Å². The Labute approximate surface area is 107 Å². The zero-order chi connectivity index (χ0) is 13.3. The van der Waals surface area contributed by atoms with Crippen LogP contribution < -0.4 is 5.73 Å². The minimum Gasteiger partial charge on any atom is -0.396 e. The van der Waals surface area contributed by atoms with Crippen molar-refractivity contribution in [3.05, 3.63) is 29.6 Å². The molecule has 1 aromatic rings. The van der Waals surface area contributed by atoms with Crippen LogP contribution in [0.25, 0.3) is 0 Å². The average molecular weight is 250 g/mol. The number of nitrogens with zero attached hydrogens (tertiary/aromatic N) is 1. The van der Waals surface area contributed by atoms with Crippen molar-refractivity contribution in [1.82, 2.24) is 4.90 Å². The van der Waals surface area contributed by atoms with E-state index in [1.54, 1.807) is 11.0 Å². The lowest BCUT2D eigenvalue weighted by molar-refractivity contribution is 0.0589. The normalized spacial score (nSPS) is 24.1. The van der Waals surface area contributed by atoms with E-state index >= 15 is 0 Å². The fourth-order valence-electron chi connectivity index (χ4n) is 2.59. The molecule has 1 fully saturated rings. The van der Waals surface area contributed by atoms with Crippen molar-refractivity contribution in [3.63, 3.8) is 0 Å². The molecule has 3 nitrogen and oxygen atoms in total. The van der Waals surface area contributed by atoms with Crippen LogP contribution in [0, 0.1) is 11.7 Å². The fraction of sp³-hybridized carbons (Fsp3) is 0.500. The number of rotatable bonds is 1. The summed E-state index contributed by atoms with van der Waals surface area (Å²) in [6, 6.07) is 4.57. The number of likely N-dealkylation sites (tertiary alicyclic amines) is 1. The van der Waals surface area contributed by atoms with Gasteiger partial charge in [0.25, 0.3) is 5.91 Å². The van der Waals surface area contributed by atoms with Crippen molar-refractivity contribution in [1.29, 1.82) is 0 Å². The SMILES string of the molecule is CC1CCN(C(=O)c2cccc(F)c2N)C(C)C1. The van der Waals surface area contributed by atoms with E-state index in [9.17, 15) is 9.18 Å². The van der Waals surface area contributed by atoms with E-state index in [0.29, 0.717) is 5.92 Å². The highest BCUT2D eigenvalue weighted by Crippen LogP contribution is 2.26. The van der Waals surface area contributed by atoms with Gasteiger partial charge in [-0.25, -0.2) is 4.39 Å². The quantitative estimate of drug-likeness (QED) is 0.779. The van der Waals surface area contributed by atoms with Gasteiger partial charge in [0.15, 0.2) is 0 Å². The number of hydrogen-bond acceptors (Lipinski definition) is 2. The van der Waals surface area contributed by atoms with Crippen LogP contribution in [0.2, 0.25) is 0 Å². The summed E-state index contributed by atoms with van der Waals surface area (Å²) in [5, 5.41) is 0. The predicted octanol–water partition coefficient (Wildman–Crippen LogP) is 2.67. The summed E-state index contributed by atoms with van der Waals surface area (Å²) in [4.78, 5) is 14.2. The van der Waals surface area contributed by atoms with E-state index in [1.807, 2.05) is 6.92 Å². The Kier molecular flexibility index (Phi) is 3.55. The van der Waals surface area contributed by atoms with E-state index in [-0.39, 0.29) is 23.2 Å². The minimum absolute atomic E-state index is 0.0479. The summed E-state index contributed by atoms with van der Waals surface area (Å²) >= 11 is 0. The third-order valence-corrected chi connectivity index (χ3v) is 3.68. The largest absolute Gasteiger partial charge is 0.396 e. The molecule has 1 heterocycles. The third kappa shape index (κ3) is 2.33. The van der Waals surface area contributed by atoms with E-state index in [1.165, 1.54) is 12.1 Å². The third-order valence-electron chi connectivity index (χ3n) is 3.68. The Morgan fingerprint density at radius 1 is 1.44 bits per heavy atom. The Morgan fingerprint density at radius 2 is 2.17 bits per heavy atom. The second-order valence-corrected chi connectivity index (χ2v) is 5.18. The fourth-order valence-corrected chi connectivity index (χ4v) is 2.59. The molecule has 0 spiro atoms. The molecule has 0 radical (unpaired) electrons. The molecule has 0 bridgehead atoms. The van der Waals surface area contributed by atoms with Crippen LogP contribution in [-0.4, -0.2) is 23.4 Å². The van der Waals surface area contributed by atoms with Crippen LogP contribution in [0.15, 0.2) is 18.2 Å². The van der Waals surface area contributed by atoms with Gasteiger partial charge in [-0.3, -0.25) is 4.79 Å². The molecule has 0 aliphatic carbocycles. The Morgan fingerprint density at radius 3 is 2.83 bits per heavy atom. The van der Waals surface area contributed by atoms with Crippen molar-refractivity contribution in [2.75, 3.05) is 12.3 Å². The lowest BCUT2D eigenvalue weighted by atomic mass is 9.92. The summed E-state index contributed by atoms with van der Waals surface area (Å²) in [6.07, 6.45) is 1.98. The molecule has 1 saturated heterocycles. The van der Waals surface area contributed by atoms with Crippen molar-refractivity contribution < 1.29 is 9.18 Å². The number of benzene rings is 1. The highest BCUT2D eigenvalue weighted by atomic mass is 19.1. The summed E-state index contributed by atoms with van der Waals surface area (Å²) in [7, 11) is 0. The number of para-hydroxylation sites is 1. The zero-order valence-corrected chi connectivity index (χ0v) is 10.8. The highest BCUT2D eigenvalue weighted by molar-refractivity contribution is 5.99. The standard InChI is InChI=1S/C14H19FN2O/c1-9-6-7-17(10(2)8-9)14(18)11-4-3-5-12(15)13(11)16/h3-5,9-10H,6-8,16H2,1-2H3. The van der Waals surface area contributed by atoms with Gasteiger partial charge < -0.3 is 10.6 Å². The molecule has 18 heavy (non-hydrogen) atoms. The van der Waals surface area contributed by atoms with Crippen LogP contribution in [0.1, 0.15) is 37.0 Å². The summed E-state index contributed by atoms with van der Waals surface area (Å²) in [6.45, 7) is 4.94. The van der Waals surface area contributed by atoms with E-state index in [2.05, 4.69) is 6.92 Å². The molecule has 0 aromatic heterocycles. The van der Waals surface area contributed by atoms with Gasteiger partial charge in [0.2, 0.25) is 0 Å². The van der Waals surface area contributed by atoms with Crippen LogP contribution in [-0.2, 0) is 0 Å². The summed E-state index contributed by atoms with van der Waals surface area (Å²) in [5.41, 5.74) is 5.87. The van der Waals surface area contributed by atoms with Crippen molar-refractivity contribution in [2.45, 2.75) is 32.7 Å². The molecule has 1 aromatic carbocycles. The molecule has 2 unspecified atom stereocenters. The number of halogens is 1. The average Bonchev–Trinajstić information content (AvgIpc) is 2.32. The van der Waals surface area contributed by atoms with Gasteiger partial charge in [0, 0.05) is 12.6 Å². The van der Waals surface area contributed by atoms with Gasteiger partial charge in [0.05, 0.1) is 11.3 Å². The van der Waals surface area contributed by atoms with Crippen LogP contribution in [0.3, 0.4) is 0 Å². The molecule has 1 aliphatic heterocycles. The van der Waals surface area contributed by atoms with Crippen molar-refractivity contribution >= 4 is 11.6 Å². The maximum atomic E-state index is 13.4. The highest BCUT2D eigenvalue weighted by Gasteiger charge is 2.28. The van der Waals surface area contributed by atoms with Crippen LogP contribution in [0.4, 0.5) is 10.1 Å². The van der Waals surface area contributed by atoms with E-state index in [4.69, 9.17) is 5.73 Å². The van der Waals surface area contributed by atoms with Crippen LogP contribution >= 0.6 is 0 Å². The Balaban J connectivity index is 2.23. The Bertz CT molecular complexity index is 461. The van der Waals surface area contributed by atoms with E-state index in [0.717, 1.165) is 19.4 Å².